The Morgan fingerprint density at radius 2 is 1.80 bits per heavy atom. The first-order valence-electron chi connectivity index (χ1n) is 6.60. The monoisotopic (exact) mass is 286 g/mol. The highest BCUT2D eigenvalue weighted by Gasteiger charge is 2.15. The van der Waals surface area contributed by atoms with Crippen LogP contribution in [0.1, 0.15) is 46.0 Å². The molecule has 0 saturated heterocycles. The van der Waals surface area contributed by atoms with Crippen molar-refractivity contribution in [3.05, 3.63) is 12.2 Å². The summed E-state index contributed by atoms with van der Waals surface area (Å²) < 4.78 is 10.1. The Kier molecular flexibility index (Phi) is 9.07. The third kappa shape index (κ3) is 9.13. The van der Waals surface area contributed by atoms with Crippen molar-refractivity contribution in [2.45, 2.75) is 52.1 Å². The number of unbranched alkanes of at least 4 members (excludes halogenated alkanes) is 1. The molecule has 0 spiro atoms. The molecule has 20 heavy (non-hydrogen) atoms. The van der Waals surface area contributed by atoms with E-state index in [0.717, 1.165) is 0 Å². The normalized spacial score (nSPS) is 11.5. The van der Waals surface area contributed by atoms with Crippen LogP contribution in [0.3, 0.4) is 0 Å². The van der Waals surface area contributed by atoms with Gasteiger partial charge in [-0.15, -0.1) is 0 Å². The summed E-state index contributed by atoms with van der Waals surface area (Å²) in [7, 11) is 0. The van der Waals surface area contributed by atoms with Crippen LogP contribution in [-0.4, -0.2) is 35.7 Å². The maximum Gasteiger partial charge on any atom is 0.333 e. The summed E-state index contributed by atoms with van der Waals surface area (Å²) in [4.78, 5) is 33.0. The second-order valence-corrected chi connectivity index (χ2v) is 4.50. The molecule has 1 N–H and O–H groups in total. The van der Waals surface area contributed by atoms with E-state index in [2.05, 4.69) is 6.58 Å². The molecule has 0 radical (unpaired) electrons. The average Bonchev–Trinajstić information content (AvgIpc) is 2.38. The predicted octanol–water partition coefficient (Wildman–Crippen LogP) is 2.07. The van der Waals surface area contributed by atoms with Gasteiger partial charge in [-0.3, -0.25) is 9.59 Å². The fraction of sp³-hybridized carbons (Fsp3) is 0.643. The number of hydrogen-bond acceptors (Lipinski definition) is 5. The predicted molar refractivity (Wildman–Crippen MR) is 72.0 cm³/mol. The maximum atomic E-state index is 11.4. The minimum absolute atomic E-state index is 0.00723. The molecule has 0 aliphatic rings. The van der Waals surface area contributed by atoms with Crippen LogP contribution in [-0.2, 0) is 23.9 Å². The largest absolute Gasteiger partial charge is 0.481 e. The van der Waals surface area contributed by atoms with E-state index in [1.54, 1.807) is 6.92 Å². The van der Waals surface area contributed by atoms with Gasteiger partial charge in [0.1, 0.15) is 12.7 Å². The fourth-order valence-corrected chi connectivity index (χ4v) is 1.29. The van der Waals surface area contributed by atoms with Crippen molar-refractivity contribution in [3.8, 4) is 0 Å². The summed E-state index contributed by atoms with van der Waals surface area (Å²) in [6.45, 7) is 6.84. The SMILES string of the molecule is C=C(C)C(=O)OC(CC)COC(=O)CCCCC(=O)O. The smallest absolute Gasteiger partial charge is 0.333 e. The highest BCUT2D eigenvalue weighted by Crippen LogP contribution is 2.06. The second-order valence-electron chi connectivity index (χ2n) is 4.50. The van der Waals surface area contributed by atoms with Crippen molar-refractivity contribution in [2.24, 2.45) is 0 Å². The van der Waals surface area contributed by atoms with Crippen LogP contribution < -0.4 is 0 Å². The number of aliphatic carboxylic acids is 1. The molecular weight excluding hydrogens is 264 g/mol. The molecule has 0 aromatic heterocycles. The molecule has 114 valence electrons. The van der Waals surface area contributed by atoms with Gasteiger partial charge in [-0.1, -0.05) is 13.5 Å². The molecule has 0 aliphatic heterocycles. The van der Waals surface area contributed by atoms with Crippen LogP contribution in [0, 0.1) is 0 Å². The van der Waals surface area contributed by atoms with E-state index in [1.165, 1.54) is 0 Å². The first-order chi connectivity index (χ1) is 9.36. The summed E-state index contributed by atoms with van der Waals surface area (Å²) in [5, 5.41) is 8.44. The minimum Gasteiger partial charge on any atom is -0.481 e. The Morgan fingerprint density at radius 1 is 1.20 bits per heavy atom. The van der Waals surface area contributed by atoms with Gasteiger partial charge in [0.2, 0.25) is 0 Å². The van der Waals surface area contributed by atoms with Crippen molar-refractivity contribution in [2.75, 3.05) is 6.61 Å². The summed E-state index contributed by atoms with van der Waals surface area (Å²) in [5.74, 6) is -1.80. The van der Waals surface area contributed by atoms with Crippen molar-refractivity contribution in [1.29, 1.82) is 0 Å². The lowest BCUT2D eigenvalue weighted by Gasteiger charge is -2.16. The van der Waals surface area contributed by atoms with Gasteiger partial charge in [0.15, 0.2) is 0 Å². The topological polar surface area (TPSA) is 89.9 Å². The van der Waals surface area contributed by atoms with Crippen molar-refractivity contribution in [3.63, 3.8) is 0 Å². The standard InChI is InChI=1S/C14H22O6/c1-4-11(20-14(18)10(2)3)9-19-13(17)8-6-5-7-12(15)16/h11H,2,4-9H2,1,3H3,(H,15,16). The van der Waals surface area contributed by atoms with E-state index >= 15 is 0 Å². The molecule has 0 aromatic carbocycles. The number of esters is 2. The fourth-order valence-electron chi connectivity index (χ4n) is 1.29. The van der Waals surface area contributed by atoms with E-state index in [-0.39, 0.29) is 19.4 Å². The van der Waals surface area contributed by atoms with Gasteiger partial charge in [-0.05, 0) is 26.2 Å². The number of hydrogen-bond donors (Lipinski definition) is 1. The molecule has 0 rings (SSSR count). The van der Waals surface area contributed by atoms with Crippen LogP contribution in [0.25, 0.3) is 0 Å². The molecular formula is C14H22O6. The van der Waals surface area contributed by atoms with Gasteiger partial charge >= 0.3 is 17.9 Å². The Bertz CT molecular complexity index is 361. The van der Waals surface area contributed by atoms with Gasteiger partial charge in [0.05, 0.1) is 0 Å². The molecule has 0 heterocycles. The zero-order valence-corrected chi connectivity index (χ0v) is 12.0. The molecule has 1 atom stereocenters. The number of ether oxygens (including phenoxy) is 2. The van der Waals surface area contributed by atoms with Gasteiger partial charge in [0.25, 0.3) is 0 Å². The van der Waals surface area contributed by atoms with Gasteiger partial charge in [0, 0.05) is 18.4 Å². The zero-order chi connectivity index (χ0) is 15.5. The number of carbonyl (C=O) groups excluding carboxylic acids is 2. The molecule has 6 heteroatoms. The summed E-state index contributed by atoms with van der Waals surface area (Å²) in [6.07, 6.45) is 1.16. The first-order valence-corrected chi connectivity index (χ1v) is 6.60. The number of rotatable bonds is 10. The van der Waals surface area contributed by atoms with Gasteiger partial charge < -0.3 is 14.6 Å². The van der Waals surface area contributed by atoms with Crippen LogP contribution in [0.2, 0.25) is 0 Å². The van der Waals surface area contributed by atoms with E-state index in [4.69, 9.17) is 14.6 Å². The lowest BCUT2D eigenvalue weighted by atomic mass is 10.2. The zero-order valence-electron chi connectivity index (χ0n) is 12.0. The summed E-state index contributed by atoms with van der Waals surface area (Å²) in [5.41, 5.74) is 0.295. The Labute approximate surface area is 118 Å². The Balaban J connectivity index is 3.87. The maximum absolute atomic E-state index is 11.4. The minimum atomic E-state index is -0.879. The van der Waals surface area contributed by atoms with Crippen LogP contribution in [0.5, 0.6) is 0 Å². The number of carboxylic acid groups (broad SMARTS) is 1. The van der Waals surface area contributed by atoms with Crippen LogP contribution >= 0.6 is 0 Å². The average molecular weight is 286 g/mol. The molecule has 0 fully saturated rings. The summed E-state index contributed by atoms with van der Waals surface area (Å²) >= 11 is 0. The van der Waals surface area contributed by atoms with E-state index in [0.29, 0.717) is 24.8 Å². The molecule has 0 saturated carbocycles. The van der Waals surface area contributed by atoms with Crippen LogP contribution in [0.4, 0.5) is 0 Å². The third-order valence-electron chi connectivity index (χ3n) is 2.53. The lowest BCUT2D eigenvalue weighted by molar-refractivity contribution is -0.156. The molecule has 1 unspecified atom stereocenters. The third-order valence-corrected chi connectivity index (χ3v) is 2.53. The number of carboxylic acids is 1. The highest BCUT2D eigenvalue weighted by atomic mass is 16.6. The Hall–Kier alpha value is -1.85. The Morgan fingerprint density at radius 3 is 2.30 bits per heavy atom. The van der Waals surface area contributed by atoms with Gasteiger partial charge in [-0.25, -0.2) is 4.79 Å². The van der Waals surface area contributed by atoms with E-state index < -0.39 is 24.0 Å². The van der Waals surface area contributed by atoms with Crippen molar-refractivity contribution in [1.82, 2.24) is 0 Å². The molecule has 0 bridgehead atoms. The van der Waals surface area contributed by atoms with Crippen molar-refractivity contribution >= 4 is 17.9 Å². The summed E-state index contributed by atoms with van der Waals surface area (Å²) in [6, 6.07) is 0. The molecule has 0 aromatic rings. The molecule has 6 nitrogen and oxygen atoms in total. The molecule has 0 aliphatic carbocycles. The van der Waals surface area contributed by atoms with Crippen LogP contribution in [0.15, 0.2) is 12.2 Å². The highest BCUT2D eigenvalue weighted by molar-refractivity contribution is 5.87. The first kappa shape index (κ1) is 18.1. The second kappa shape index (κ2) is 10.00. The number of carbonyl (C=O) groups is 3. The van der Waals surface area contributed by atoms with E-state index in [1.807, 2.05) is 6.92 Å². The lowest BCUT2D eigenvalue weighted by Crippen LogP contribution is -2.24. The quantitative estimate of drug-likeness (QED) is 0.375. The van der Waals surface area contributed by atoms with E-state index in [9.17, 15) is 14.4 Å². The molecule has 0 amide bonds. The van der Waals surface area contributed by atoms with Gasteiger partial charge in [-0.2, -0.15) is 0 Å². The van der Waals surface area contributed by atoms with Crippen molar-refractivity contribution < 1.29 is 29.0 Å².